The van der Waals surface area contributed by atoms with E-state index in [1.165, 1.54) is 0 Å². The molecule has 0 spiro atoms. The van der Waals surface area contributed by atoms with Gasteiger partial charge in [-0.1, -0.05) is 17.7 Å². The molecule has 3 aromatic rings. The van der Waals surface area contributed by atoms with E-state index in [9.17, 15) is 9.90 Å². The molecule has 1 amide bonds. The summed E-state index contributed by atoms with van der Waals surface area (Å²) >= 11 is 6.43. The highest BCUT2D eigenvalue weighted by Crippen LogP contribution is 2.22. The number of aromatic hydroxyl groups is 1. The molecular formula is C23H24ClN5O2. The van der Waals surface area contributed by atoms with Crippen LogP contribution in [0.15, 0.2) is 54.9 Å². The minimum absolute atomic E-state index is 0.103. The second kappa shape index (κ2) is 9.32. The van der Waals surface area contributed by atoms with Crippen molar-refractivity contribution in [2.24, 2.45) is 0 Å². The molecule has 1 aromatic heterocycles. The third-order valence-electron chi connectivity index (χ3n) is 5.30. The fraction of sp³-hybridized carbons (Fsp3) is 0.261. The van der Waals surface area contributed by atoms with Crippen molar-refractivity contribution in [3.05, 3.63) is 71.0 Å². The molecule has 2 heterocycles. The number of carbonyl (C=O) groups excluding carboxylic acids is 1. The Balaban J connectivity index is 1.39. The van der Waals surface area contributed by atoms with Crippen LogP contribution in [0.25, 0.3) is 11.3 Å². The first-order valence-electron chi connectivity index (χ1n) is 10.1. The quantitative estimate of drug-likeness (QED) is 0.546. The van der Waals surface area contributed by atoms with Gasteiger partial charge in [0.15, 0.2) is 0 Å². The summed E-state index contributed by atoms with van der Waals surface area (Å²) in [5, 5.41) is 16.3. The molecule has 1 unspecified atom stereocenters. The number of benzene rings is 2. The van der Waals surface area contributed by atoms with Crippen molar-refractivity contribution in [1.29, 1.82) is 0 Å². The molecule has 3 N–H and O–H groups in total. The number of hydrogen-bond donors (Lipinski definition) is 3. The highest BCUT2D eigenvalue weighted by molar-refractivity contribution is 6.31. The Labute approximate surface area is 186 Å². The predicted octanol–water partition coefficient (Wildman–Crippen LogP) is 3.55. The second-order valence-electron chi connectivity index (χ2n) is 7.72. The number of nitrogens with zero attached hydrogens (tertiary/aromatic N) is 3. The minimum Gasteiger partial charge on any atom is -0.508 e. The van der Waals surface area contributed by atoms with Gasteiger partial charge in [0, 0.05) is 35.3 Å². The number of hydrogen-bond acceptors (Lipinski definition) is 6. The number of phenols is 1. The molecule has 0 saturated carbocycles. The minimum atomic E-state index is -0.103. The molecule has 0 bridgehead atoms. The Bertz CT molecular complexity index is 1070. The van der Waals surface area contributed by atoms with Gasteiger partial charge in [-0.15, -0.1) is 0 Å². The first kappa shape index (κ1) is 21.1. The summed E-state index contributed by atoms with van der Waals surface area (Å²) in [6.45, 7) is 2.31. The Hall–Kier alpha value is -3.16. The molecule has 31 heavy (non-hydrogen) atoms. The highest BCUT2D eigenvalue weighted by Gasteiger charge is 2.21. The smallest absolute Gasteiger partial charge is 0.251 e. The van der Waals surface area contributed by atoms with E-state index in [0.717, 1.165) is 30.6 Å². The van der Waals surface area contributed by atoms with E-state index in [2.05, 4.69) is 32.5 Å². The maximum atomic E-state index is 12.5. The van der Waals surface area contributed by atoms with Gasteiger partial charge >= 0.3 is 0 Å². The number of carbonyl (C=O) groups is 1. The van der Waals surface area contributed by atoms with Crippen LogP contribution in [0.1, 0.15) is 22.3 Å². The summed E-state index contributed by atoms with van der Waals surface area (Å²) < 4.78 is 0. The van der Waals surface area contributed by atoms with E-state index in [1.54, 1.807) is 48.8 Å². The van der Waals surface area contributed by atoms with E-state index in [-0.39, 0.29) is 17.7 Å². The Kier molecular flexibility index (Phi) is 6.34. The number of anilines is 1. The normalized spacial score (nSPS) is 16.3. The first-order valence-corrected chi connectivity index (χ1v) is 10.5. The Morgan fingerprint density at radius 2 is 2.03 bits per heavy atom. The standard InChI is InChI=1S/C23H24ClN5O2/c1-29-9-8-18(14-29)27-23(31)16-2-3-17(20(24)10-16)11-26-22-13-25-12-21(28-22)15-4-6-19(30)7-5-15/h2-7,10,12-13,18,30H,8-9,11,14H2,1H3,(H,26,28)(H,27,31). The van der Waals surface area contributed by atoms with Gasteiger partial charge in [-0.3, -0.25) is 9.78 Å². The fourth-order valence-electron chi connectivity index (χ4n) is 3.56. The van der Waals surface area contributed by atoms with Crippen molar-refractivity contribution in [2.75, 3.05) is 25.5 Å². The molecule has 1 aliphatic heterocycles. The van der Waals surface area contributed by atoms with Crippen LogP contribution in [0.4, 0.5) is 5.82 Å². The van der Waals surface area contributed by atoms with Crippen LogP contribution in [-0.2, 0) is 6.54 Å². The summed E-state index contributed by atoms with van der Waals surface area (Å²) in [5.41, 5.74) is 2.96. The van der Waals surface area contributed by atoms with Crippen molar-refractivity contribution >= 4 is 23.3 Å². The van der Waals surface area contributed by atoms with Crippen LogP contribution in [-0.4, -0.2) is 52.1 Å². The molecule has 160 valence electrons. The first-order chi connectivity index (χ1) is 15.0. The number of rotatable bonds is 6. The average Bonchev–Trinajstić information content (AvgIpc) is 3.18. The highest BCUT2D eigenvalue weighted by atomic mass is 35.5. The van der Waals surface area contributed by atoms with Crippen LogP contribution >= 0.6 is 11.6 Å². The summed E-state index contributed by atoms with van der Waals surface area (Å²) in [6.07, 6.45) is 4.26. The molecule has 0 aliphatic carbocycles. The zero-order valence-electron chi connectivity index (χ0n) is 17.2. The van der Waals surface area contributed by atoms with E-state index in [4.69, 9.17) is 11.6 Å². The zero-order valence-corrected chi connectivity index (χ0v) is 17.9. The maximum Gasteiger partial charge on any atom is 0.251 e. The van der Waals surface area contributed by atoms with Gasteiger partial charge in [0.2, 0.25) is 0 Å². The van der Waals surface area contributed by atoms with Crippen molar-refractivity contribution < 1.29 is 9.90 Å². The summed E-state index contributed by atoms with van der Waals surface area (Å²) in [4.78, 5) is 23.5. The predicted molar refractivity (Wildman–Crippen MR) is 121 cm³/mol. The summed E-state index contributed by atoms with van der Waals surface area (Å²) in [6, 6.07) is 12.3. The molecular weight excluding hydrogens is 414 g/mol. The van der Waals surface area contributed by atoms with Gasteiger partial charge in [0.05, 0.1) is 18.1 Å². The van der Waals surface area contributed by atoms with Crippen LogP contribution in [0.2, 0.25) is 5.02 Å². The number of nitrogens with one attached hydrogen (secondary N) is 2. The SMILES string of the molecule is CN1CCC(NC(=O)c2ccc(CNc3cncc(-c4ccc(O)cc4)n3)c(Cl)c2)C1. The lowest BCUT2D eigenvalue weighted by atomic mass is 10.1. The largest absolute Gasteiger partial charge is 0.508 e. The lowest BCUT2D eigenvalue weighted by molar-refractivity contribution is 0.0938. The van der Waals surface area contributed by atoms with Gasteiger partial charge in [0.1, 0.15) is 11.6 Å². The topological polar surface area (TPSA) is 90.4 Å². The monoisotopic (exact) mass is 437 g/mol. The van der Waals surface area contributed by atoms with Gasteiger partial charge in [-0.25, -0.2) is 4.98 Å². The molecule has 1 aliphatic rings. The Morgan fingerprint density at radius 1 is 1.23 bits per heavy atom. The molecule has 2 aromatic carbocycles. The fourth-order valence-corrected chi connectivity index (χ4v) is 3.81. The Morgan fingerprint density at radius 3 is 2.74 bits per heavy atom. The molecule has 1 saturated heterocycles. The number of phenolic OH excluding ortho intramolecular Hbond substituents is 1. The van der Waals surface area contributed by atoms with Crippen molar-refractivity contribution in [3.8, 4) is 17.0 Å². The van der Waals surface area contributed by atoms with Gasteiger partial charge in [-0.05, 0) is 62.0 Å². The third kappa shape index (κ3) is 5.31. The third-order valence-corrected chi connectivity index (χ3v) is 5.65. The average molecular weight is 438 g/mol. The van der Waals surface area contributed by atoms with Crippen molar-refractivity contribution in [2.45, 2.75) is 19.0 Å². The van der Waals surface area contributed by atoms with Crippen LogP contribution in [0.5, 0.6) is 5.75 Å². The number of amides is 1. The lowest BCUT2D eigenvalue weighted by Crippen LogP contribution is -2.36. The van der Waals surface area contributed by atoms with Crippen LogP contribution in [0, 0.1) is 0 Å². The molecule has 4 rings (SSSR count). The van der Waals surface area contributed by atoms with Gasteiger partial charge in [-0.2, -0.15) is 0 Å². The van der Waals surface area contributed by atoms with Gasteiger partial charge < -0.3 is 20.6 Å². The number of likely N-dealkylation sites (N-methyl/N-ethyl adjacent to an activating group) is 1. The second-order valence-corrected chi connectivity index (χ2v) is 8.12. The van der Waals surface area contributed by atoms with Gasteiger partial charge in [0.25, 0.3) is 5.91 Å². The molecule has 8 heteroatoms. The zero-order chi connectivity index (χ0) is 21.8. The van der Waals surface area contributed by atoms with E-state index < -0.39 is 0 Å². The number of halogens is 1. The maximum absolute atomic E-state index is 12.5. The number of likely N-dealkylation sites (tertiary alicyclic amines) is 1. The summed E-state index contributed by atoms with van der Waals surface area (Å²) in [7, 11) is 2.05. The lowest BCUT2D eigenvalue weighted by Gasteiger charge is -2.14. The van der Waals surface area contributed by atoms with Crippen molar-refractivity contribution in [1.82, 2.24) is 20.2 Å². The van der Waals surface area contributed by atoms with Crippen LogP contribution in [0.3, 0.4) is 0 Å². The van der Waals surface area contributed by atoms with Crippen LogP contribution < -0.4 is 10.6 Å². The van der Waals surface area contributed by atoms with E-state index in [1.807, 2.05) is 6.07 Å². The molecule has 1 fully saturated rings. The summed E-state index contributed by atoms with van der Waals surface area (Å²) in [5.74, 6) is 0.705. The molecule has 7 nitrogen and oxygen atoms in total. The molecule has 0 radical (unpaired) electrons. The number of aromatic nitrogens is 2. The van der Waals surface area contributed by atoms with E-state index in [0.29, 0.717) is 28.6 Å². The van der Waals surface area contributed by atoms with E-state index >= 15 is 0 Å². The molecule has 1 atom stereocenters. The van der Waals surface area contributed by atoms with Crippen molar-refractivity contribution in [3.63, 3.8) is 0 Å².